The average Bonchev–Trinajstić information content (AvgIpc) is 1.01. The fourth-order valence-corrected chi connectivity index (χ4v) is 12.6. The molecule has 532 valence electrons. The Balaban J connectivity index is 0.000000387. The summed E-state index contributed by atoms with van der Waals surface area (Å²) in [5.41, 5.74) is 0. The van der Waals surface area contributed by atoms with Crippen LogP contribution >= 0.6 is 0 Å². The SMILES string of the molecule is CCCC[C@H](C)C[C@H](O)/C=C/[C@H]1[C@H](O)CC(=O)[C@@H]1CCC/C=C\C(=O)O.OC[C@H]1O[C@@H]2O[C@H]3[C@H](O)[C@@H](O)[C@@H](O[C@H]4[C@H](O)[C@@H](O)[C@@H](O[C@H]5[C@H](O)[C@@H](O)[C@@H](O[C@H]6[C@H](O)[C@@H](O)[C@@H](O[C@H]7[C@H](O)[C@@H](O)[C@@H](O[C@H]1[C@H](O)[C@H]2O)O[C@@H]7CO)O[C@@H]6CO)O[C@@H]5CO)O[C@@H]4CO)O[C@@H]3CO. The van der Waals surface area contributed by atoms with Crippen LogP contribution in [0.3, 0.4) is 0 Å². The fourth-order valence-electron chi connectivity index (χ4n) is 12.6. The number of hydrogen-bond acceptors (Lipinski definition) is 34. The number of carboxylic acid groups (broad SMARTS) is 1. The van der Waals surface area contributed by atoms with Gasteiger partial charge in [0.1, 0.15) is 152 Å². The van der Waals surface area contributed by atoms with Crippen molar-refractivity contribution in [3.63, 3.8) is 0 Å². The van der Waals surface area contributed by atoms with Crippen molar-refractivity contribution in [3.8, 4) is 0 Å². The van der Waals surface area contributed by atoms with E-state index in [1.54, 1.807) is 12.2 Å². The van der Waals surface area contributed by atoms with Gasteiger partial charge in [0, 0.05) is 24.3 Å². The van der Waals surface area contributed by atoms with Gasteiger partial charge in [-0.05, 0) is 31.6 Å². The van der Waals surface area contributed by atoms with Crippen LogP contribution in [0.2, 0.25) is 0 Å². The zero-order valence-electron chi connectivity index (χ0n) is 50.5. The van der Waals surface area contributed by atoms with Crippen molar-refractivity contribution in [3.05, 3.63) is 24.3 Å². The molecular weight excluding hydrogens is 1240 g/mol. The molecule has 1 aliphatic carbocycles. The van der Waals surface area contributed by atoms with Crippen LogP contribution in [-0.4, -0.2) is 355 Å². The summed E-state index contributed by atoms with van der Waals surface area (Å²) >= 11 is 0. The number of carbonyl (C=O) groups excluding carboxylic acids is 1. The topological polar surface area (TPSA) is 570 Å². The van der Waals surface area contributed by atoms with Crippen molar-refractivity contribution >= 4 is 11.8 Å². The molecule has 22 aliphatic heterocycles. The quantitative estimate of drug-likeness (QED) is 0.0344. The Morgan fingerprint density at radius 1 is 0.467 bits per heavy atom. The first-order chi connectivity index (χ1) is 43.8. The van der Waals surface area contributed by atoms with Crippen molar-refractivity contribution < 1.29 is 174 Å². The van der Waals surface area contributed by atoms with Crippen LogP contribution in [0.25, 0.3) is 0 Å². The molecule has 1 saturated carbocycles. The third-order valence-electron chi connectivity index (χ3n) is 17.8. The van der Waals surface area contributed by atoms with E-state index in [1.165, 1.54) is 0 Å². The summed E-state index contributed by atoms with van der Waals surface area (Å²) in [6, 6.07) is 0. The van der Waals surface area contributed by atoms with Crippen LogP contribution < -0.4 is 0 Å². The molecule has 22 saturated heterocycles. The molecular formula is C57H94O35. The van der Waals surface area contributed by atoms with Gasteiger partial charge < -0.3 is 164 Å². The zero-order chi connectivity index (χ0) is 67.6. The number of unbranched alkanes of at least 4 members (excludes halogenated alkanes) is 2. The van der Waals surface area contributed by atoms with Crippen LogP contribution in [0.1, 0.15) is 65.2 Å². The van der Waals surface area contributed by atoms with Crippen LogP contribution in [0, 0.1) is 17.8 Å². The number of aliphatic hydroxyl groups excluding tert-OH is 20. The molecule has 0 aromatic heterocycles. The average molecular weight is 1340 g/mol. The van der Waals surface area contributed by atoms with E-state index in [9.17, 15) is 112 Å². The molecule has 23 fully saturated rings. The summed E-state index contributed by atoms with van der Waals surface area (Å²) in [5.74, 6) is -0.974. The Bertz CT molecular complexity index is 2000. The van der Waals surface area contributed by atoms with E-state index in [0.717, 1.165) is 25.3 Å². The van der Waals surface area contributed by atoms with Gasteiger partial charge in [-0.2, -0.15) is 0 Å². The lowest BCUT2D eigenvalue weighted by Gasteiger charge is -2.50. The maximum Gasteiger partial charge on any atom is 0.327 e. The second-order valence-electron chi connectivity index (χ2n) is 24.4. The minimum atomic E-state index is -2.15. The monoisotopic (exact) mass is 1340 g/mol. The molecule has 0 aromatic rings. The van der Waals surface area contributed by atoms with E-state index in [-0.39, 0.29) is 24.0 Å². The largest absolute Gasteiger partial charge is 0.478 e. The van der Waals surface area contributed by atoms with Crippen molar-refractivity contribution in [1.82, 2.24) is 0 Å². The first kappa shape index (κ1) is 76.7. The number of hydrogen-bond donors (Lipinski definition) is 21. The van der Waals surface area contributed by atoms with Crippen molar-refractivity contribution in [2.45, 2.75) is 262 Å². The van der Waals surface area contributed by atoms with Gasteiger partial charge >= 0.3 is 5.97 Å². The smallest absolute Gasteiger partial charge is 0.327 e. The third-order valence-corrected chi connectivity index (χ3v) is 17.8. The standard InChI is InChI=1S/C36H60O30.C21H34O5/c37-1-7-25-13(43)19(49)31(55-7)62-26-8(2-38)57-33(21(51)15(26)45)64-28-10(4-40)59-35(23(53)17(28)47)66-30-12(6-42)60-36(24(54)18(30)48)65-29-11(5-41)58-34(22(52)16(29)46)63-27-9(3-39)56-32(61-25)20(50)14(27)44;1-3-4-8-15(2)13-16(22)11-12-18-17(19(23)14-20(18)24)9-6-5-7-10-21(25)26/h7-54H,1-6H2;7,10-12,15-18,20,22,24H,3-6,8-9,13-14H2,1-2H3,(H,25,26)/b;10-7-,12-11+/t7-,8-,9-,10-,11-,12-,13-,14-,15-,16-,17-,18-,19-,20-,21-,22-,23-,24-,25-,26-,27-,28-,29-,30-,31-,32-,33-,34-,35-,36-;15-,16+,17+,18+,20+/m10/s1. The van der Waals surface area contributed by atoms with E-state index in [1.807, 2.05) is 6.08 Å². The number of Topliss-reactive ketones (excluding diaryl/α,β-unsaturated/α-hetero) is 1. The third kappa shape index (κ3) is 18.0. The molecule has 21 N–H and O–H groups in total. The normalized spacial score (nSPS) is 47.1. The second kappa shape index (κ2) is 35.2. The van der Waals surface area contributed by atoms with E-state index in [2.05, 4.69) is 13.8 Å². The second-order valence-corrected chi connectivity index (χ2v) is 24.4. The predicted molar refractivity (Wildman–Crippen MR) is 297 cm³/mol. The van der Waals surface area contributed by atoms with Gasteiger partial charge in [0.25, 0.3) is 0 Å². The highest BCUT2D eigenvalue weighted by atomic mass is 16.8. The first-order valence-corrected chi connectivity index (χ1v) is 30.9. The van der Waals surface area contributed by atoms with Gasteiger partial charge in [-0.3, -0.25) is 4.79 Å². The van der Waals surface area contributed by atoms with Crippen LogP contribution in [-0.2, 0) is 66.4 Å². The highest BCUT2D eigenvalue weighted by molar-refractivity contribution is 5.84. The van der Waals surface area contributed by atoms with Crippen LogP contribution in [0.5, 0.6) is 0 Å². The number of aliphatic hydroxyl groups is 20. The van der Waals surface area contributed by atoms with Gasteiger partial charge in [0.2, 0.25) is 0 Å². The van der Waals surface area contributed by atoms with Crippen LogP contribution in [0.4, 0.5) is 0 Å². The minimum Gasteiger partial charge on any atom is -0.478 e. The molecule has 0 unspecified atom stereocenters. The van der Waals surface area contributed by atoms with E-state index >= 15 is 0 Å². The summed E-state index contributed by atoms with van der Waals surface area (Å²) in [7, 11) is 0. The van der Waals surface area contributed by atoms with Crippen molar-refractivity contribution in [2.75, 3.05) is 39.6 Å². The molecule has 0 spiro atoms. The Hall–Kier alpha value is -2.66. The maximum atomic E-state index is 12.1. The number of allylic oxidation sites excluding steroid dienone is 1. The summed E-state index contributed by atoms with van der Waals surface area (Å²) in [5, 5.41) is 225. The number of carbonyl (C=O) groups is 2. The summed E-state index contributed by atoms with van der Waals surface area (Å²) in [6.45, 7) is -1.71. The van der Waals surface area contributed by atoms with Gasteiger partial charge in [0.05, 0.1) is 51.8 Å². The fraction of sp³-hybridized carbons (Fsp3) is 0.895. The van der Waals surface area contributed by atoms with Crippen molar-refractivity contribution in [2.24, 2.45) is 17.8 Å². The molecule has 35 heteroatoms. The molecule has 0 amide bonds. The molecule has 35 nitrogen and oxygen atoms in total. The molecule has 0 aromatic carbocycles. The minimum absolute atomic E-state index is 0.0557. The lowest BCUT2D eigenvalue weighted by atomic mass is 9.88. The summed E-state index contributed by atoms with van der Waals surface area (Å²) in [6.07, 6.45) is -47.3. The molecule has 23 aliphatic rings. The number of aliphatic carboxylic acids is 1. The molecule has 35 atom stereocenters. The van der Waals surface area contributed by atoms with Gasteiger partial charge in [-0.25, -0.2) is 4.79 Å². The number of carboxylic acids is 1. The highest BCUT2D eigenvalue weighted by Crippen LogP contribution is 2.39. The Morgan fingerprint density at radius 3 is 1.02 bits per heavy atom. The zero-order valence-corrected chi connectivity index (χ0v) is 50.5. The lowest BCUT2D eigenvalue weighted by Crippen LogP contribution is -2.69. The van der Waals surface area contributed by atoms with E-state index in [0.29, 0.717) is 31.6 Å². The number of ether oxygens (including phenoxy) is 12. The Kier molecular flexibility index (Phi) is 29.4. The predicted octanol–water partition coefficient (Wildman–Crippen LogP) is -9.56. The number of rotatable bonds is 18. The van der Waals surface area contributed by atoms with Gasteiger partial charge in [0.15, 0.2) is 37.7 Å². The first-order valence-electron chi connectivity index (χ1n) is 30.9. The molecule has 22 heterocycles. The highest BCUT2D eigenvalue weighted by Gasteiger charge is 2.59. The van der Waals surface area contributed by atoms with Gasteiger partial charge in [-0.1, -0.05) is 51.3 Å². The summed E-state index contributed by atoms with van der Waals surface area (Å²) < 4.78 is 67.9. The molecule has 12 bridgehead atoms. The van der Waals surface area contributed by atoms with Crippen LogP contribution in [0.15, 0.2) is 24.3 Å². The van der Waals surface area contributed by atoms with E-state index in [4.69, 9.17) is 61.9 Å². The Morgan fingerprint density at radius 2 is 0.761 bits per heavy atom. The van der Waals surface area contributed by atoms with Gasteiger partial charge in [-0.15, -0.1) is 0 Å². The maximum absolute atomic E-state index is 12.1. The molecule has 0 radical (unpaired) electrons. The molecule has 23 rings (SSSR count). The lowest BCUT2D eigenvalue weighted by molar-refractivity contribution is -0.404. The van der Waals surface area contributed by atoms with Crippen molar-refractivity contribution in [1.29, 1.82) is 0 Å². The summed E-state index contributed by atoms with van der Waals surface area (Å²) in [4.78, 5) is 22.6. The number of ketones is 1. The molecule has 92 heavy (non-hydrogen) atoms. The Labute approximate surface area is 527 Å². The van der Waals surface area contributed by atoms with E-state index < -0.39 is 242 Å².